The number of fused-ring (bicyclic) bond motifs is 10. The smallest absolute Gasteiger partial charge is 0.411 e. The van der Waals surface area contributed by atoms with E-state index in [1.165, 1.54) is 17.0 Å². The van der Waals surface area contributed by atoms with E-state index in [9.17, 15) is 22.8 Å². The highest BCUT2D eigenvalue weighted by atomic mass is 32.2. The third-order valence-electron chi connectivity index (χ3n) is 7.08. The van der Waals surface area contributed by atoms with Crippen molar-refractivity contribution >= 4 is 44.0 Å². The number of rotatable bonds is 4. The van der Waals surface area contributed by atoms with Gasteiger partial charge in [0.05, 0.1) is 17.3 Å². The lowest BCUT2D eigenvalue weighted by atomic mass is 10.0. The first-order valence-electron chi connectivity index (χ1n) is 13.2. The number of nitrogens with zero attached hydrogens (tertiary/aromatic N) is 1. The van der Waals surface area contributed by atoms with Gasteiger partial charge in [-0.3, -0.25) is 14.9 Å². The minimum absolute atomic E-state index is 0.0361. The van der Waals surface area contributed by atoms with E-state index in [0.717, 1.165) is 10.9 Å². The molecule has 0 unspecified atom stereocenters. The molecule has 0 saturated carbocycles. The van der Waals surface area contributed by atoms with Crippen LogP contribution in [0.1, 0.15) is 29.7 Å². The van der Waals surface area contributed by atoms with Gasteiger partial charge in [0.1, 0.15) is 6.04 Å². The van der Waals surface area contributed by atoms with Crippen molar-refractivity contribution in [3.63, 3.8) is 0 Å². The highest BCUT2D eigenvalue weighted by molar-refractivity contribution is 7.91. The van der Waals surface area contributed by atoms with E-state index in [-0.39, 0.29) is 35.3 Å². The second-order valence-corrected chi connectivity index (χ2v) is 12.1. The Bertz CT molecular complexity index is 1780. The zero-order chi connectivity index (χ0) is 29.1. The number of H-pyrrole nitrogens is 1. The molecule has 0 aliphatic carbocycles. The van der Waals surface area contributed by atoms with Crippen molar-refractivity contribution in [3.05, 3.63) is 100.0 Å². The Kier molecular flexibility index (Phi) is 7.80. The van der Waals surface area contributed by atoms with Gasteiger partial charge in [-0.15, -0.1) is 0 Å². The first-order chi connectivity index (χ1) is 19.6. The average Bonchev–Trinajstić information content (AvgIpc) is 2.96. The quantitative estimate of drug-likeness (QED) is 0.332. The number of pyridine rings is 1. The maximum Gasteiger partial charge on any atom is 0.411 e. The fraction of sp³-hybridized carbons (Fsp3) is 0.233. The minimum atomic E-state index is -3.62. The molecule has 3 N–H and O–H groups in total. The van der Waals surface area contributed by atoms with Crippen LogP contribution in [-0.2, 0) is 32.3 Å². The van der Waals surface area contributed by atoms with E-state index in [0.29, 0.717) is 34.3 Å². The van der Waals surface area contributed by atoms with Crippen molar-refractivity contribution in [2.24, 2.45) is 0 Å². The van der Waals surface area contributed by atoms with E-state index >= 15 is 0 Å². The molecule has 1 aromatic heterocycles. The van der Waals surface area contributed by atoms with Crippen LogP contribution in [-0.4, -0.2) is 49.7 Å². The second kappa shape index (κ2) is 11.5. The van der Waals surface area contributed by atoms with Gasteiger partial charge in [0, 0.05) is 43.0 Å². The summed E-state index contributed by atoms with van der Waals surface area (Å²) in [6.07, 6.45) is 1.39. The molecular formula is C30H30N4O6S. The summed E-state index contributed by atoms with van der Waals surface area (Å²) in [6.45, 7) is 1.65. The molecule has 4 aromatic rings. The molecule has 3 heterocycles. The monoisotopic (exact) mass is 574 g/mol. The first-order valence-corrected chi connectivity index (χ1v) is 14.8. The molecule has 0 radical (unpaired) electrons. The Morgan fingerprint density at radius 3 is 2.54 bits per heavy atom. The van der Waals surface area contributed by atoms with Crippen molar-refractivity contribution in [1.29, 1.82) is 0 Å². The summed E-state index contributed by atoms with van der Waals surface area (Å²) in [4.78, 5) is 43.0. The molecule has 10 nitrogen and oxygen atoms in total. The number of likely N-dealkylation sites (N-methyl/N-ethyl adjacent to an activating group) is 1. The third kappa shape index (κ3) is 6.09. The molecule has 2 amide bonds. The molecule has 41 heavy (non-hydrogen) atoms. The number of carbonyl (C=O) groups is 2. The summed E-state index contributed by atoms with van der Waals surface area (Å²) < 4.78 is 31.1. The first kappa shape index (κ1) is 27.9. The number of carbonyl (C=O) groups excluding carboxylic acids is 2. The van der Waals surface area contributed by atoms with Crippen LogP contribution >= 0.6 is 0 Å². The van der Waals surface area contributed by atoms with Crippen molar-refractivity contribution in [3.8, 4) is 0 Å². The topological polar surface area (TPSA) is 138 Å². The van der Waals surface area contributed by atoms with E-state index in [1.54, 1.807) is 50.5 Å². The Balaban J connectivity index is 1.56. The lowest BCUT2D eigenvalue weighted by molar-refractivity contribution is -0.131. The van der Waals surface area contributed by atoms with Crippen LogP contribution in [0.15, 0.2) is 82.6 Å². The molecule has 212 valence electrons. The van der Waals surface area contributed by atoms with Gasteiger partial charge in [-0.1, -0.05) is 37.3 Å². The van der Waals surface area contributed by atoms with E-state index in [1.807, 2.05) is 24.3 Å². The predicted molar refractivity (Wildman–Crippen MR) is 157 cm³/mol. The summed E-state index contributed by atoms with van der Waals surface area (Å²) >= 11 is 0. The number of hydrogen-bond donors (Lipinski definition) is 3. The van der Waals surface area contributed by atoms with Gasteiger partial charge in [0.2, 0.25) is 5.91 Å². The molecular weight excluding hydrogens is 544 g/mol. The van der Waals surface area contributed by atoms with Crippen LogP contribution in [0.25, 0.3) is 10.8 Å². The van der Waals surface area contributed by atoms with Crippen molar-refractivity contribution in [2.45, 2.75) is 30.8 Å². The number of nitrogens with one attached hydrogen (secondary N) is 3. The molecule has 6 rings (SSSR count). The highest BCUT2D eigenvalue weighted by Crippen LogP contribution is 2.28. The Morgan fingerprint density at radius 2 is 1.78 bits per heavy atom. The van der Waals surface area contributed by atoms with Gasteiger partial charge in [-0.05, 0) is 58.5 Å². The summed E-state index contributed by atoms with van der Waals surface area (Å²) in [7, 11) is -2.03. The normalized spacial score (nSPS) is 16.3. The zero-order valence-corrected chi connectivity index (χ0v) is 23.5. The van der Waals surface area contributed by atoms with E-state index in [4.69, 9.17) is 4.74 Å². The molecule has 0 fully saturated rings. The predicted octanol–water partition coefficient (Wildman–Crippen LogP) is 4.24. The van der Waals surface area contributed by atoms with E-state index < -0.39 is 22.0 Å². The molecule has 2 aliphatic rings. The zero-order valence-electron chi connectivity index (χ0n) is 22.6. The molecule has 0 saturated heterocycles. The maximum absolute atomic E-state index is 14.0. The Labute approximate surface area is 237 Å². The van der Waals surface area contributed by atoms with Gasteiger partial charge in [0.15, 0.2) is 9.84 Å². The summed E-state index contributed by atoms with van der Waals surface area (Å²) in [5.74, 6) is -0.436. The summed E-state index contributed by atoms with van der Waals surface area (Å²) in [6, 6.07) is 18.1. The number of benzene rings is 3. The number of aromatic amines is 1. The SMILES string of the molecule is CCS(=O)(=O)c1ccc2cc1CN(C)C(=O)[C@H](Nc1ccc3cc[nH]c(=O)c3c1)c1ccc(cc1)CCOC(=O)N2. The van der Waals surface area contributed by atoms with Crippen LogP contribution in [0.5, 0.6) is 0 Å². The van der Waals surface area contributed by atoms with Gasteiger partial charge in [-0.2, -0.15) is 0 Å². The lowest BCUT2D eigenvalue weighted by Gasteiger charge is -2.27. The molecule has 4 bridgehead atoms. The average molecular weight is 575 g/mol. The lowest BCUT2D eigenvalue weighted by Crippen LogP contribution is -2.35. The number of sulfone groups is 1. The van der Waals surface area contributed by atoms with Gasteiger partial charge >= 0.3 is 6.09 Å². The van der Waals surface area contributed by atoms with Gasteiger partial charge in [0.25, 0.3) is 5.56 Å². The summed E-state index contributed by atoms with van der Waals surface area (Å²) in [5.41, 5.74) is 2.64. The number of ether oxygens (including phenoxy) is 1. The van der Waals surface area contributed by atoms with Crippen LogP contribution in [0.4, 0.5) is 16.2 Å². The minimum Gasteiger partial charge on any atom is -0.449 e. The molecule has 11 heteroatoms. The summed E-state index contributed by atoms with van der Waals surface area (Å²) in [5, 5.41) is 7.17. The van der Waals surface area contributed by atoms with Crippen LogP contribution in [0, 0.1) is 0 Å². The molecule has 1 atom stereocenters. The third-order valence-corrected chi connectivity index (χ3v) is 8.90. The Hall–Kier alpha value is -4.64. The molecule has 2 aliphatic heterocycles. The van der Waals surface area contributed by atoms with Crippen LogP contribution in [0.3, 0.4) is 0 Å². The Morgan fingerprint density at radius 1 is 1.00 bits per heavy atom. The maximum atomic E-state index is 14.0. The number of aromatic nitrogens is 1. The fourth-order valence-electron chi connectivity index (χ4n) is 4.81. The standard InChI is InChI=1S/C30H30N4O6S/c1-3-41(38,39)26-11-10-23-16-22(26)18-34(2)29(36)27(21-6-4-19(5-7-21)13-15-40-30(37)33-23)32-24-9-8-20-12-14-31-28(35)25(20)17-24/h4-12,14,16-17,27,32H,3,13,15,18H2,1-2H3,(H,31,35)(H,33,37)/t27-/m1/s1. The number of amides is 2. The van der Waals surface area contributed by atoms with E-state index in [2.05, 4.69) is 15.6 Å². The van der Waals surface area contributed by atoms with Crippen molar-refractivity contribution in [1.82, 2.24) is 9.88 Å². The largest absolute Gasteiger partial charge is 0.449 e. The molecule has 0 spiro atoms. The van der Waals surface area contributed by atoms with Crippen molar-refractivity contribution < 1.29 is 22.7 Å². The molecule has 3 aromatic carbocycles. The second-order valence-electron chi connectivity index (χ2n) is 9.86. The number of hydrogen-bond acceptors (Lipinski definition) is 7. The van der Waals surface area contributed by atoms with Gasteiger partial charge in [-0.25, -0.2) is 13.2 Å². The van der Waals surface area contributed by atoms with Gasteiger partial charge < -0.3 is 19.9 Å². The highest BCUT2D eigenvalue weighted by Gasteiger charge is 2.27. The van der Waals surface area contributed by atoms with Crippen LogP contribution < -0.4 is 16.2 Å². The van der Waals surface area contributed by atoms with Crippen molar-refractivity contribution in [2.75, 3.05) is 30.0 Å². The fourth-order valence-corrected chi connectivity index (χ4v) is 5.92. The van der Waals surface area contributed by atoms with Crippen LogP contribution in [0.2, 0.25) is 0 Å². The number of anilines is 2.